The van der Waals surface area contributed by atoms with Crippen LogP contribution < -0.4 is 4.74 Å². The van der Waals surface area contributed by atoms with Crippen LogP contribution in [0.5, 0.6) is 5.75 Å². The number of hydrogen-bond acceptors (Lipinski definition) is 4. The zero-order valence-electron chi connectivity index (χ0n) is 26.0. The largest absolute Gasteiger partial charge is 0.494 e. The van der Waals surface area contributed by atoms with E-state index in [1.54, 1.807) is 0 Å². The molecule has 0 aliphatic carbocycles. The average molecular weight is 550 g/mol. The molecule has 0 radical (unpaired) electrons. The molecule has 5 heteroatoms. The second-order valence-corrected chi connectivity index (χ2v) is 13.8. The molecule has 1 aromatic heterocycles. The van der Waals surface area contributed by atoms with Crippen molar-refractivity contribution in [2.24, 2.45) is 23.3 Å². The van der Waals surface area contributed by atoms with E-state index in [1.165, 1.54) is 16.6 Å². The van der Waals surface area contributed by atoms with E-state index >= 15 is 0 Å². The molecule has 1 N–H and O–H groups in total. The zero-order valence-corrected chi connectivity index (χ0v) is 26.0. The third-order valence-electron chi connectivity index (χ3n) is 8.21. The van der Waals surface area contributed by atoms with Crippen LogP contribution in [-0.4, -0.2) is 35.0 Å². The summed E-state index contributed by atoms with van der Waals surface area (Å²) in [6.07, 6.45) is 4.19. The highest BCUT2D eigenvalue weighted by atomic mass is 16.5. The van der Waals surface area contributed by atoms with E-state index in [1.807, 2.05) is 19.1 Å². The summed E-state index contributed by atoms with van der Waals surface area (Å²) < 4.78 is 13.9. The Balaban J connectivity index is 1.34. The summed E-state index contributed by atoms with van der Waals surface area (Å²) in [4.78, 5) is 13.0. The van der Waals surface area contributed by atoms with Crippen molar-refractivity contribution in [2.45, 2.75) is 93.1 Å². The maximum atomic E-state index is 13.0. The SMILES string of the molecule is Cn1c(-c2ccc(OCCCC(O)CCCCOC(=O)C(C)(CC(C)(C)C)C(C)(C)C)cc2)cc2ccccc21. The lowest BCUT2D eigenvalue weighted by atomic mass is 9.61. The van der Waals surface area contributed by atoms with Crippen molar-refractivity contribution in [2.75, 3.05) is 13.2 Å². The number of aliphatic hydroxyl groups is 1. The molecular formula is C35H51NO4. The molecule has 2 atom stereocenters. The molecule has 0 fully saturated rings. The molecule has 5 nitrogen and oxygen atoms in total. The summed E-state index contributed by atoms with van der Waals surface area (Å²) in [5.41, 5.74) is 2.87. The van der Waals surface area contributed by atoms with Crippen molar-refractivity contribution >= 4 is 16.9 Å². The number of rotatable bonds is 13. The Bertz CT molecular complexity index is 1230. The first kappa shape index (κ1) is 31.7. The van der Waals surface area contributed by atoms with E-state index in [0.717, 1.165) is 37.0 Å². The Morgan fingerprint density at radius 3 is 2.15 bits per heavy atom. The molecule has 0 saturated carbocycles. The van der Waals surface area contributed by atoms with Gasteiger partial charge in [0.05, 0.1) is 24.7 Å². The van der Waals surface area contributed by atoms with E-state index in [2.05, 4.69) is 95.6 Å². The van der Waals surface area contributed by atoms with E-state index in [4.69, 9.17) is 9.47 Å². The van der Waals surface area contributed by atoms with Crippen molar-refractivity contribution in [3.8, 4) is 17.0 Å². The number of esters is 1. The highest BCUT2D eigenvalue weighted by Gasteiger charge is 2.47. The number of aryl methyl sites for hydroxylation is 1. The fourth-order valence-electron chi connectivity index (χ4n) is 5.45. The Hall–Kier alpha value is -2.79. The number of nitrogens with zero attached hydrogens (tertiary/aromatic N) is 1. The summed E-state index contributed by atoms with van der Waals surface area (Å²) >= 11 is 0. The lowest BCUT2D eigenvalue weighted by Gasteiger charge is -2.43. The summed E-state index contributed by atoms with van der Waals surface area (Å²) in [6.45, 7) is 15.8. The molecule has 3 aromatic rings. The van der Waals surface area contributed by atoms with E-state index in [9.17, 15) is 9.90 Å². The monoisotopic (exact) mass is 549 g/mol. The van der Waals surface area contributed by atoms with Crippen LogP contribution in [0.15, 0.2) is 54.6 Å². The zero-order chi connectivity index (χ0) is 29.6. The lowest BCUT2D eigenvalue weighted by molar-refractivity contribution is -0.165. The molecule has 2 unspecified atom stereocenters. The Kier molecular flexibility index (Phi) is 10.5. The maximum Gasteiger partial charge on any atom is 0.312 e. The van der Waals surface area contributed by atoms with E-state index in [-0.39, 0.29) is 22.9 Å². The molecule has 220 valence electrons. The molecule has 0 amide bonds. The number of benzene rings is 2. The van der Waals surface area contributed by atoms with Gasteiger partial charge in [0.2, 0.25) is 0 Å². The minimum Gasteiger partial charge on any atom is -0.494 e. The number of fused-ring (bicyclic) bond motifs is 1. The van der Waals surface area contributed by atoms with Gasteiger partial charge in [-0.2, -0.15) is 0 Å². The van der Waals surface area contributed by atoms with Crippen LogP contribution in [0.3, 0.4) is 0 Å². The minimum atomic E-state index is -0.541. The standard InChI is InChI=1S/C35H51NO4/c1-33(2,3)25-35(7,34(4,5)6)32(38)40-22-12-11-15-28(37)16-13-23-39-29-20-18-26(19-21-29)31-24-27-14-9-10-17-30(27)36(31)8/h9-10,14,17-21,24,28,37H,11-13,15-16,22-23,25H2,1-8H3. The van der Waals surface area contributed by atoms with Crippen LogP contribution in [0.4, 0.5) is 0 Å². The molecule has 2 aromatic carbocycles. The number of hydrogen-bond donors (Lipinski definition) is 1. The van der Waals surface area contributed by atoms with Gasteiger partial charge in [0.15, 0.2) is 0 Å². The Labute approximate surface area is 241 Å². The number of ether oxygens (including phenoxy) is 2. The molecule has 3 rings (SSSR count). The lowest BCUT2D eigenvalue weighted by Crippen LogP contribution is -2.44. The first-order valence-electron chi connectivity index (χ1n) is 14.8. The van der Waals surface area contributed by atoms with E-state index < -0.39 is 5.41 Å². The molecule has 0 saturated heterocycles. The van der Waals surface area contributed by atoms with Gasteiger partial charge in [-0.25, -0.2) is 0 Å². The Morgan fingerprint density at radius 1 is 0.875 bits per heavy atom. The fraction of sp³-hybridized carbons (Fsp3) is 0.571. The van der Waals surface area contributed by atoms with Gasteiger partial charge in [-0.05, 0) is 98.2 Å². The van der Waals surface area contributed by atoms with Gasteiger partial charge in [0.25, 0.3) is 0 Å². The summed E-state index contributed by atoms with van der Waals surface area (Å²) in [5, 5.41) is 11.6. The predicted octanol–water partition coefficient (Wildman–Crippen LogP) is 8.57. The Morgan fingerprint density at radius 2 is 1.52 bits per heavy atom. The molecule has 0 aliphatic heterocycles. The van der Waals surface area contributed by atoms with Crippen LogP contribution in [0.25, 0.3) is 22.2 Å². The van der Waals surface area contributed by atoms with Crippen LogP contribution in [-0.2, 0) is 16.6 Å². The van der Waals surface area contributed by atoms with Crippen LogP contribution in [0.1, 0.15) is 87.0 Å². The van der Waals surface area contributed by atoms with Crippen LogP contribution >= 0.6 is 0 Å². The maximum absolute atomic E-state index is 13.0. The van der Waals surface area contributed by atoms with Crippen molar-refractivity contribution in [3.63, 3.8) is 0 Å². The molecular weight excluding hydrogens is 498 g/mol. The minimum absolute atomic E-state index is 0.0376. The van der Waals surface area contributed by atoms with Crippen molar-refractivity contribution in [1.29, 1.82) is 0 Å². The van der Waals surface area contributed by atoms with Crippen LogP contribution in [0, 0.1) is 16.2 Å². The number of carbonyl (C=O) groups excluding carboxylic acids is 1. The molecule has 1 heterocycles. The summed E-state index contributed by atoms with van der Waals surface area (Å²) in [5.74, 6) is 0.727. The topological polar surface area (TPSA) is 60.7 Å². The van der Waals surface area contributed by atoms with Crippen molar-refractivity contribution < 1.29 is 19.4 Å². The normalized spacial score (nSPS) is 14.6. The average Bonchev–Trinajstić information content (AvgIpc) is 3.21. The quantitative estimate of drug-likeness (QED) is 0.171. The molecule has 0 spiro atoms. The molecule has 40 heavy (non-hydrogen) atoms. The van der Waals surface area contributed by atoms with Crippen molar-refractivity contribution in [3.05, 3.63) is 54.6 Å². The van der Waals surface area contributed by atoms with Gasteiger partial charge in [0, 0.05) is 23.6 Å². The number of carbonyl (C=O) groups is 1. The third-order valence-corrected chi connectivity index (χ3v) is 8.21. The van der Waals surface area contributed by atoms with Gasteiger partial charge in [-0.15, -0.1) is 0 Å². The number of aliphatic hydroxyl groups excluding tert-OH is 1. The highest BCUT2D eigenvalue weighted by molar-refractivity contribution is 5.87. The number of aromatic nitrogens is 1. The number of unbranched alkanes of at least 4 members (excludes halogenated alkanes) is 1. The predicted molar refractivity (Wildman–Crippen MR) is 166 cm³/mol. The van der Waals surface area contributed by atoms with Gasteiger partial charge in [-0.1, -0.05) is 59.7 Å². The second kappa shape index (κ2) is 13.2. The van der Waals surface area contributed by atoms with Gasteiger partial charge in [0.1, 0.15) is 5.75 Å². The summed E-state index contributed by atoms with van der Waals surface area (Å²) in [6, 6.07) is 18.8. The van der Waals surface area contributed by atoms with E-state index in [0.29, 0.717) is 26.1 Å². The van der Waals surface area contributed by atoms with Gasteiger partial charge < -0.3 is 19.1 Å². The van der Waals surface area contributed by atoms with Gasteiger partial charge in [-0.3, -0.25) is 4.79 Å². The molecule has 0 aliphatic rings. The first-order valence-corrected chi connectivity index (χ1v) is 14.8. The molecule has 0 bridgehead atoms. The summed E-state index contributed by atoms with van der Waals surface area (Å²) in [7, 11) is 2.09. The highest BCUT2D eigenvalue weighted by Crippen LogP contribution is 2.47. The van der Waals surface area contributed by atoms with Crippen LogP contribution in [0.2, 0.25) is 0 Å². The third kappa shape index (κ3) is 8.36. The smallest absolute Gasteiger partial charge is 0.312 e. The number of para-hydroxylation sites is 1. The second-order valence-electron chi connectivity index (χ2n) is 13.8. The van der Waals surface area contributed by atoms with Crippen molar-refractivity contribution in [1.82, 2.24) is 4.57 Å². The fourth-order valence-corrected chi connectivity index (χ4v) is 5.45. The first-order chi connectivity index (χ1) is 18.7. The van der Waals surface area contributed by atoms with Gasteiger partial charge >= 0.3 is 5.97 Å².